The maximum absolute atomic E-state index is 12.1. The van der Waals surface area contributed by atoms with Crippen molar-refractivity contribution in [2.45, 2.75) is 39.2 Å². The first-order valence-electron chi connectivity index (χ1n) is 7.54. The summed E-state index contributed by atoms with van der Waals surface area (Å²) in [5.41, 5.74) is 1.38. The van der Waals surface area contributed by atoms with Gasteiger partial charge in [-0.2, -0.15) is 0 Å². The molecule has 5 heteroatoms. The largest absolute Gasteiger partial charge is 0.351 e. The van der Waals surface area contributed by atoms with Crippen LogP contribution in [0.1, 0.15) is 33.1 Å². The van der Waals surface area contributed by atoms with Gasteiger partial charge in [0, 0.05) is 37.6 Å². The second-order valence-electron chi connectivity index (χ2n) is 6.55. The van der Waals surface area contributed by atoms with Gasteiger partial charge in [-0.15, -0.1) is 0 Å². The van der Waals surface area contributed by atoms with Crippen LogP contribution in [-0.2, 0) is 4.79 Å². The Morgan fingerprint density at radius 1 is 1.38 bits per heavy atom. The van der Waals surface area contributed by atoms with E-state index in [2.05, 4.69) is 15.3 Å². The standard InChI is InChI=1S/C16H22N4O/c1-12(2)8-14(21)20-7-4-16(11-20)9-13(10-16)19-15-17-5-3-6-18-15/h3,5-6,8,13H,4,7,9-11H2,1-2H3,(H,17,18,19). The number of carbonyl (C=O) groups excluding carboxylic acids is 1. The van der Waals surface area contributed by atoms with Crippen molar-refractivity contribution in [2.24, 2.45) is 5.41 Å². The second-order valence-corrected chi connectivity index (χ2v) is 6.55. The maximum atomic E-state index is 12.1. The minimum Gasteiger partial charge on any atom is -0.351 e. The molecule has 5 nitrogen and oxygen atoms in total. The molecular formula is C16H22N4O. The van der Waals surface area contributed by atoms with Crippen molar-refractivity contribution in [1.29, 1.82) is 0 Å². The topological polar surface area (TPSA) is 58.1 Å². The maximum Gasteiger partial charge on any atom is 0.246 e. The summed E-state index contributed by atoms with van der Waals surface area (Å²) in [6.45, 7) is 5.71. The highest BCUT2D eigenvalue weighted by molar-refractivity contribution is 5.88. The predicted octanol–water partition coefficient (Wildman–Crippen LogP) is 2.24. The lowest BCUT2D eigenvalue weighted by Gasteiger charge is -2.45. The van der Waals surface area contributed by atoms with Gasteiger partial charge in [0.2, 0.25) is 11.9 Å². The van der Waals surface area contributed by atoms with Gasteiger partial charge in [0.1, 0.15) is 0 Å². The van der Waals surface area contributed by atoms with Crippen LogP contribution < -0.4 is 5.32 Å². The average molecular weight is 286 g/mol. The fraction of sp³-hybridized carbons (Fsp3) is 0.562. The Kier molecular flexibility index (Phi) is 3.66. The Morgan fingerprint density at radius 2 is 2.10 bits per heavy atom. The summed E-state index contributed by atoms with van der Waals surface area (Å²) < 4.78 is 0. The minimum absolute atomic E-state index is 0.162. The summed E-state index contributed by atoms with van der Waals surface area (Å²) in [5, 5.41) is 3.37. The Hall–Kier alpha value is -1.91. The molecule has 1 saturated carbocycles. The number of likely N-dealkylation sites (tertiary alicyclic amines) is 1. The molecule has 21 heavy (non-hydrogen) atoms. The third-order valence-corrected chi connectivity index (χ3v) is 4.42. The second kappa shape index (κ2) is 5.47. The van der Waals surface area contributed by atoms with Crippen LogP contribution in [0, 0.1) is 5.41 Å². The van der Waals surface area contributed by atoms with E-state index in [4.69, 9.17) is 0 Å². The van der Waals surface area contributed by atoms with Crippen LogP contribution in [0.3, 0.4) is 0 Å². The van der Waals surface area contributed by atoms with Gasteiger partial charge < -0.3 is 10.2 Å². The van der Waals surface area contributed by atoms with Gasteiger partial charge in [-0.05, 0) is 44.6 Å². The molecule has 0 atom stereocenters. The minimum atomic E-state index is 0.162. The lowest BCUT2D eigenvalue weighted by Crippen LogP contribution is -2.47. The number of hydrogen-bond donors (Lipinski definition) is 1. The fourth-order valence-corrected chi connectivity index (χ4v) is 3.44. The summed E-state index contributed by atoms with van der Waals surface area (Å²) in [5.74, 6) is 0.863. The Morgan fingerprint density at radius 3 is 2.76 bits per heavy atom. The van der Waals surface area contributed by atoms with E-state index in [1.807, 2.05) is 24.8 Å². The highest BCUT2D eigenvalue weighted by Crippen LogP contribution is 2.49. The first-order chi connectivity index (χ1) is 10.1. The molecule has 0 aromatic carbocycles. The van der Waals surface area contributed by atoms with Crippen LogP contribution in [0.4, 0.5) is 5.95 Å². The molecule has 0 radical (unpaired) electrons. The van der Waals surface area contributed by atoms with E-state index >= 15 is 0 Å². The number of nitrogens with one attached hydrogen (secondary N) is 1. The van der Waals surface area contributed by atoms with Gasteiger partial charge in [0.15, 0.2) is 0 Å². The van der Waals surface area contributed by atoms with Crippen LogP contribution in [0.2, 0.25) is 0 Å². The van der Waals surface area contributed by atoms with Crippen LogP contribution in [0.25, 0.3) is 0 Å². The Balaban J connectivity index is 1.52. The van der Waals surface area contributed by atoms with Gasteiger partial charge in [0.05, 0.1) is 0 Å². The number of aromatic nitrogens is 2. The smallest absolute Gasteiger partial charge is 0.246 e. The number of allylic oxidation sites excluding steroid dienone is 1. The highest BCUT2D eigenvalue weighted by Gasteiger charge is 2.49. The third-order valence-electron chi connectivity index (χ3n) is 4.42. The molecular weight excluding hydrogens is 264 g/mol. The van der Waals surface area contributed by atoms with Crippen molar-refractivity contribution in [2.75, 3.05) is 18.4 Å². The molecule has 112 valence electrons. The van der Waals surface area contributed by atoms with E-state index in [1.54, 1.807) is 18.5 Å². The first kappa shape index (κ1) is 14.0. The molecule has 2 fully saturated rings. The summed E-state index contributed by atoms with van der Waals surface area (Å²) in [6.07, 6.45) is 8.56. The molecule has 3 rings (SSSR count). The SMILES string of the molecule is CC(C)=CC(=O)N1CCC2(CC(Nc3ncccn3)C2)C1. The lowest BCUT2D eigenvalue weighted by molar-refractivity contribution is -0.125. The molecule has 1 saturated heterocycles. The number of amides is 1. The molecule has 1 aliphatic heterocycles. The van der Waals surface area contributed by atoms with E-state index < -0.39 is 0 Å². The van der Waals surface area contributed by atoms with Gasteiger partial charge in [-0.1, -0.05) is 5.57 Å². The van der Waals surface area contributed by atoms with E-state index in [0.717, 1.165) is 37.9 Å². The Labute approximate surface area is 125 Å². The molecule has 1 N–H and O–H groups in total. The van der Waals surface area contributed by atoms with Crippen molar-refractivity contribution in [1.82, 2.24) is 14.9 Å². The van der Waals surface area contributed by atoms with Gasteiger partial charge in [-0.3, -0.25) is 4.79 Å². The molecule has 1 aliphatic carbocycles. The first-order valence-corrected chi connectivity index (χ1v) is 7.54. The molecule has 1 spiro atoms. The van der Waals surface area contributed by atoms with E-state index in [0.29, 0.717) is 17.4 Å². The zero-order valence-electron chi connectivity index (χ0n) is 12.7. The Bertz CT molecular complexity index is 545. The van der Waals surface area contributed by atoms with Crippen LogP contribution >= 0.6 is 0 Å². The predicted molar refractivity (Wildman–Crippen MR) is 81.7 cm³/mol. The van der Waals surface area contributed by atoms with E-state index in [-0.39, 0.29) is 5.91 Å². The third kappa shape index (κ3) is 3.06. The molecule has 2 aliphatic rings. The molecule has 2 heterocycles. The summed E-state index contributed by atoms with van der Waals surface area (Å²) in [6, 6.07) is 2.25. The number of anilines is 1. The molecule has 0 unspecified atom stereocenters. The summed E-state index contributed by atoms with van der Waals surface area (Å²) >= 11 is 0. The fourth-order valence-electron chi connectivity index (χ4n) is 3.44. The average Bonchev–Trinajstić information content (AvgIpc) is 2.84. The van der Waals surface area contributed by atoms with Crippen molar-refractivity contribution in [3.63, 3.8) is 0 Å². The normalized spacial score (nSPS) is 27.3. The monoisotopic (exact) mass is 286 g/mol. The number of carbonyl (C=O) groups is 1. The quantitative estimate of drug-likeness (QED) is 0.866. The number of hydrogen-bond acceptors (Lipinski definition) is 4. The van der Waals surface area contributed by atoms with Crippen molar-refractivity contribution < 1.29 is 4.79 Å². The van der Waals surface area contributed by atoms with Crippen molar-refractivity contribution >= 4 is 11.9 Å². The zero-order chi connectivity index (χ0) is 14.9. The highest BCUT2D eigenvalue weighted by atomic mass is 16.2. The molecule has 1 amide bonds. The molecule has 0 bridgehead atoms. The molecule has 1 aromatic heterocycles. The van der Waals surface area contributed by atoms with E-state index in [1.165, 1.54) is 0 Å². The summed E-state index contributed by atoms with van der Waals surface area (Å²) in [7, 11) is 0. The number of rotatable bonds is 3. The van der Waals surface area contributed by atoms with Gasteiger partial charge in [0.25, 0.3) is 0 Å². The van der Waals surface area contributed by atoms with Crippen molar-refractivity contribution in [3.8, 4) is 0 Å². The van der Waals surface area contributed by atoms with Crippen LogP contribution in [-0.4, -0.2) is 39.9 Å². The van der Waals surface area contributed by atoms with E-state index in [9.17, 15) is 4.79 Å². The van der Waals surface area contributed by atoms with Gasteiger partial charge >= 0.3 is 0 Å². The lowest BCUT2D eigenvalue weighted by atomic mass is 9.65. The van der Waals surface area contributed by atoms with Crippen LogP contribution in [0.5, 0.6) is 0 Å². The number of nitrogens with zero attached hydrogens (tertiary/aromatic N) is 3. The van der Waals surface area contributed by atoms with Gasteiger partial charge in [-0.25, -0.2) is 9.97 Å². The van der Waals surface area contributed by atoms with Crippen LogP contribution in [0.15, 0.2) is 30.1 Å². The van der Waals surface area contributed by atoms with Crippen molar-refractivity contribution in [3.05, 3.63) is 30.1 Å². The summed E-state index contributed by atoms with van der Waals surface area (Å²) in [4.78, 5) is 22.5. The zero-order valence-corrected chi connectivity index (χ0v) is 12.7. The molecule has 1 aromatic rings.